The van der Waals surface area contributed by atoms with Crippen LogP contribution < -0.4 is 0 Å². The Morgan fingerprint density at radius 3 is 1.31 bits per heavy atom. The van der Waals surface area contributed by atoms with Crippen LogP contribution in [0.2, 0.25) is 0 Å². The van der Waals surface area contributed by atoms with Crippen LogP contribution in [0.15, 0.2) is 36.5 Å². The van der Waals surface area contributed by atoms with E-state index in [0.29, 0.717) is 12.8 Å². The molecule has 10 nitrogen and oxygen atoms in total. The Morgan fingerprint density at radius 1 is 0.492 bits per heavy atom. The molecule has 0 aliphatic rings. The number of unbranched alkanes of at least 4 members (excludes halogenated alkanes) is 27. The lowest BCUT2D eigenvalue weighted by Crippen LogP contribution is -2.29. The first-order chi connectivity index (χ1) is 29.7. The summed E-state index contributed by atoms with van der Waals surface area (Å²) in [7, 11) is -4.62. The molecule has 0 aliphatic heterocycles. The SMILES string of the molecule is CCCCC/C=C/C/C=C/CCCCCCCCCCCC(=O)OC[C@H](COP(=O)(O)OC[C@@H](O)CO)OC(=O)CCCCCCCCCCC/C=C/CCCCCCCC. The van der Waals surface area contributed by atoms with Gasteiger partial charge >= 0.3 is 19.8 Å². The highest BCUT2D eigenvalue weighted by molar-refractivity contribution is 7.47. The van der Waals surface area contributed by atoms with Gasteiger partial charge < -0.3 is 24.6 Å². The number of carbonyl (C=O) groups excluding carboxylic acids is 2. The van der Waals surface area contributed by atoms with E-state index in [1.807, 2.05) is 0 Å². The van der Waals surface area contributed by atoms with Crippen LogP contribution in [0.4, 0.5) is 0 Å². The molecule has 0 fully saturated rings. The fraction of sp³-hybridized carbons (Fsp3) is 0.840. The van der Waals surface area contributed by atoms with E-state index in [1.54, 1.807) is 0 Å². The van der Waals surface area contributed by atoms with E-state index in [2.05, 4.69) is 50.3 Å². The molecule has 0 aromatic carbocycles. The number of ether oxygens (including phenoxy) is 2. The minimum absolute atomic E-state index is 0.182. The highest BCUT2D eigenvalue weighted by Crippen LogP contribution is 2.43. The molecule has 0 aromatic heterocycles. The lowest BCUT2D eigenvalue weighted by molar-refractivity contribution is -0.161. The normalized spacial score (nSPS) is 14.0. The van der Waals surface area contributed by atoms with Crippen LogP contribution in [0, 0.1) is 0 Å². The molecule has 0 aromatic rings. The van der Waals surface area contributed by atoms with E-state index < -0.39 is 51.8 Å². The summed E-state index contributed by atoms with van der Waals surface area (Å²) < 4.78 is 32.8. The maximum atomic E-state index is 12.7. The standard InChI is InChI=1S/C50H93O10P/c1-3-5-7-9-11-13-15-17-19-21-23-25-27-29-31-33-35-37-39-41-49(53)57-45-48(46-59-61(55,56)58-44-47(52)43-51)60-50(54)42-40-38-36-34-32-30-28-26-24-22-20-18-16-14-12-10-8-6-4-2/h11,13,17-20,47-48,51-52H,3-10,12,14-16,21-46H2,1-2H3,(H,55,56)/b13-11+,19-17+,20-18+/t47-,48+/m0/s1. The third kappa shape index (κ3) is 46.0. The Morgan fingerprint density at radius 2 is 0.852 bits per heavy atom. The molecule has 3 N–H and O–H groups in total. The van der Waals surface area contributed by atoms with Crippen molar-refractivity contribution in [3.63, 3.8) is 0 Å². The van der Waals surface area contributed by atoms with Crippen LogP contribution >= 0.6 is 7.82 Å². The molecule has 3 atom stereocenters. The van der Waals surface area contributed by atoms with Crippen LogP contribution in [-0.4, -0.2) is 65.7 Å². The highest BCUT2D eigenvalue weighted by atomic mass is 31.2. The van der Waals surface area contributed by atoms with Crippen molar-refractivity contribution in [2.75, 3.05) is 26.4 Å². The Bertz CT molecular complexity index is 1110. The molecule has 0 aliphatic carbocycles. The summed E-state index contributed by atoms with van der Waals surface area (Å²) >= 11 is 0. The fourth-order valence-electron chi connectivity index (χ4n) is 6.90. The van der Waals surface area contributed by atoms with Crippen molar-refractivity contribution in [1.82, 2.24) is 0 Å². The van der Waals surface area contributed by atoms with Crippen molar-refractivity contribution in [3.05, 3.63) is 36.5 Å². The van der Waals surface area contributed by atoms with Gasteiger partial charge in [-0.2, -0.15) is 0 Å². The zero-order valence-corrected chi connectivity index (χ0v) is 40.0. The van der Waals surface area contributed by atoms with Crippen LogP contribution in [0.1, 0.15) is 232 Å². The molecular formula is C50H93O10P. The van der Waals surface area contributed by atoms with Crippen molar-refractivity contribution in [3.8, 4) is 0 Å². The van der Waals surface area contributed by atoms with Crippen LogP contribution in [0.25, 0.3) is 0 Å². The molecular weight excluding hydrogens is 792 g/mol. The molecule has 11 heteroatoms. The zero-order chi connectivity index (χ0) is 44.8. The maximum absolute atomic E-state index is 12.7. The summed E-state index contributed by atoms with van der Waals surface area (Å²) in [6, 6.07) is 0. The highest BCUT2D eigenvalue weighted by Gasteiger charge is 2.27. The van der Waals surface area contributed by atoms with Gasteiger partial charge in [0, 0.05) is 12.8 Å². The average Bonchev–Trinajstić information content (AvgIpc) is 3.25. The molecule has 0 radical (unpaired) electrons. The van der Waals surface area contributed by atoms with E-state index in [0.717, 1.165) is 51.4 Å². The van der Waals surface area contributed by atoms with Crippen LogP contribution in [0.5, 0.6) is 0 Å². The van der Waals surface area contributed by atoms with Gasteiger partial charge in [0.2, 0.25) is 0 Å². The number of rotatable bonds is 47. The Balaban J connectivity index is 4.20. The van der Waals surface area contributed by atoms with Gasteiger partial charge in [-0.3, -0.25) is 18.6 Å². The van der Waals surface area contributed by atoms with Crippen LogP contribution in [-0.2, 0) is 32.7 Å². The van der Waals surface area contributed by atoms with Gasteiger partial charge in [0.25, 0.3) is 0 Å². The molecule has 0 heterocycles. The third-order valence-corrected chi connectivity index (χ3v) is 11.7. The Hall–Kier alpha value is -1.81. The minimum atomic E-state index is -4.62. The molecule has 0 spiro atoms. The number of phosphoric acid groups is 1. The summed E-state index contributed by atoms with van der Waals surface area (Å²) in [5.41, 5.74) is 0. The first-order valence-electron chi connectivity index (χ1n) is 24.9. The number of hydrogen-bond acceptors (Lipinski definition) is 9. The smallest absolute Gasteiger partial charge is 0.462 e. The van der Waals surface area contributed by atoms with E-state index in [9.17, 15) is 24.2 Å². The minimum Gasteiger partial charge on any atom is -0.462 e. The molecule has 0 saturated carbocycles. The lowest BCUT2D eigenvalue weighted by atomic mass is 10.1. The second-order valence-corrected chi connectivity index (χ2v) is 18.3. The van der Waals surface area contributed by atoms with Crippen LogP contribution in [0.3, 0.4) is 0 Å². The number of aliphatic hydroxyl groups is 2. The fourth-order valence-corrected chi connectivity index (χ4v) is 7.69. The predicted octanol–water partition coefficient (Wildman–Crippen LogP) is 13.9. The van der Waals surface area contributed by atoms with E-state index >= 15 is 0 Å². The summed E-state index contributed by atoms with van der Waals surface area (Å²) in [4.78, 5) is 35.1. The topological polar surface area (TPSA) is 149 Å². The summed E-state index contributed by atoms with van der Waals surface area (Å²) in [6.07, 6.45) is 49.6. The third-order valence-electron chi connectivity index (χ3n) is 10.8. The summed E-state index contributed by atoms with van der Waals surface area (Å²) in [6.45, 7) is 2.38. The van der Waals surface area contributed by atoms with Crippen molar-refractivity contribution in [2.24, 2.45) is 0 Å². The largest absolute Gasteiger partial charge is 0.472 e. The second-order valence-electron chi connectivity index (χ2n) is 16.8. The molecule has 1 unspecified atom stereocenters. The first-order valence-corrected chi connectivity index (χ1v) is 26.4. The molecule has 0 bridgehead atoms. The number of esters is 2. The lowest BCUT2D eigenvalue weighted by Gasteiger charge is -2.20. The van der Waals surface area contributed by atoms with Crippen molar-refractivity contribution in [2.45, 2.75) is 244 Å². The van der Waals surface area contributed by atoms with E-state index in [1.165, 1.54) is 141 Å². The average molecular weight is 885 g/mol. The molecule has 61 heavy (non-hydrogen) atoms. The number of phosphoric ester groups is 1. The summed E-state index contributed by atoms with van der Waals surface area (Å²) in [5, 5.41) is 18.4. The van der Waals surface area contributed by atoms with Gasteiger partial charge in [0.05, 0.1) is 19.8 Å². The predicted molar refractivity (Wildman–Crippen MR) is 251 cm³/mol. The van der Waals surface area contributed by atoms with Gasteiger partial charge in [-0.1, -0.05) is 185 Å². The quantitative estimate of drug-likeness (QED) is 0.0233. The van der Waals surface area contributed by atoms with E-state index in [-0.39, 0.29) is 19.4 Å². The monoisotopic (exact) mass is 885 g/mol. The zero-order valence-electron chi connectivity index (χ0n) is 39.1. The number of aliphatic hydroxyl groups excluding tert-OH is 2. The Kier molecular flexibility index (Phi) is 44.8. The molecule has 358 valence electrons. The van der Waals surface area contributed by atoms with Gasteiger partial charge in [-0.05, 0) is 70.6 Å². The second kappa shape index (κ2) is 46.2. The first kappa shape index (κ1) is 59.2. The number of allylic oxidation sites excluding steroid dienone is 6. The van der Waals surface area contributed by atoms with Gasteiger partial charge in [0.1, 0.15) is 12.7 Å². The van der Waals surface area contributed by atoms with Crippen molar-refractivity contribution in [1.29, 1.82) is 0 Å². The van der Waals surface area contributed by atoms with E-state index in [4.69, 9.17) is 23.6 Å². The maximum Gasteiger partial charge on any atom is 0.472 e. The van der Waals surface area contributed by atoms with Crippen molar-refractivity contribution < 1.29 is 47.8 Å². The molecule has 0 saturated heterocycles. The number of hydrogen-bond donors (Lipinski definition) is 3. The Labute approximate surface area is 373 Å². The van der Waals surface area contributed by atoms with Crippen molar-refractivity contribution >= 4 is 19.8 Å². The summed E-state index contributed by atoms with van der Waals surface area (Å²) in [5.74, 6) is -0.924. The van der Waals surface area contributed by atoms with Gasteiger partial charge in [-0.25, -0.2) is 4.57 Å². The van der Waals surface area contributed by atoms with Gasteiger partial charge in [0.15, 0.2) is 6.10 Å². The number of carbonyl (C=O) groups is 2. The molecule has 0 rings (SSSR count). The van der Waals surface area contributed by atoms with Gasteiger partial charge in [-0.15, -0.1) is 0 Å². The molecule has 0 amide bonds.